The van der Waals surface area contributed by atoms with Crippen LogP contribution in [0.3, 0.4) is 0 Å². The number of hydrazone groups is 1. The van der Waals surface area contributed by atoms with E-state index in [1.807, 2.05) is 31.2 Å². The van der Waals surface area contributed by atoms with Crippen LogP contribution in [0.4, 0.5) is 0 Å². The fraction of sp³-hybridized carbons (Fsp3) is 0.176. The van der Waals surface area contributed by atoms with Gasteiger partial charge in [0.2, 0.25) is 0 Å². The van der Waals surface area contributed by atoms with Crippen molar-refractivity contribution in [2.75, 3.05) is 13.7 Å². The van der Waals surface area contributed by atoms with Crippen molar-refractivity contribution in [1.82, 2.24) is 5.43 Å². The molecule has 6 heteroatoms. The number of nitrogens with one attached hydrogen (secondary N) is 1. The predicted molar refractivity (Wildman–Crippen MR) is 98.4 cm³/mol. The van der Waals surface area contributed by atoms with Crippen LogP contribution in [0.2, 0.25) is 0 Å². The number of ether oxygens (including phenoxy) is 2. The molecule has 0 fully saturated rings. The molecule has 1 amide bonds. The molecule has 0 saturated carbocycles. The molecule has 0 spiro atoms. The van der Waals surface area contributed by atoms with Crippen molar-refractivity contribution in [3.05, 3.63) is 57.2 Å². The van der Waals surface area contributed by atoms with E-state index in [9.17, 15) is 4.79 Å². The third kappa shape index (κ3) is 4.95. The topological polar surface area (TPSA) is 59.9 Å². The maximum atomic E-state index is 12.0. The van der Waals surface area contributed by atoms with Gasteiger partial charge in [-0.05, 0) is 77.5 Å². The van der Waals surface area contributed by atoms with E-state index in [-0.39, 0.29) is 5.91 Å². The van der Waals surface area contributed by atoms with Gasteiger partial charge >= 0.3 is 0 Å². The first-order valence-electron chi connectivity index (χ1n) is 7.04. The summed E-state index contributed by atoms with van der Waals surface area (Å²) in [5.41, 5.74) is 3.91. The molecule has 0 aliphatic rings. The summed E-state index contributed by atoms with van der Waals surface area (Å²) >= 11 is 2.12. The number of carbonyl (C=O) groups excluding carboxylic acids is 1. The van der Waals surface area contributed by atoms with Gasteiger partial charge in [0.15, 0.2) is 0 Å². The molecule has 2 aromatic carbocycles. The summed E-state index contributed by atoms with van der Waals surface area (Å²) in [7, 11) is 1.60. The summed E-state index contributed by atoms with van der Waals surface area (Å²) in [6, 6.07) is 12.7. The highest BCUT2D eigenvalue weighted by Gasteiger charge is 2.07. The van der Waals surface area contributed by atoms with Gasteiger partial charge in [0.25, 0.3) is 5.91 Å². The van der Waals surface area contributed by atoms with Crippen LogP contribution in [0.5, 0.6) is 11.5 Å². The quantitative estimate of drug-likeness (QED) is 0.439. The molecule has 0 aliphatic carbocycles. The van der Waals surface area contributed by atoms with E-state index in [1.54, 1.807) is 31.5 Å². The van der Waals surface area contributed by atoms with E-state index in [0.29, 0.717) is 12.2 Å². The van der Waals surface area contributed by atoms with Crippen molar-refractivity contribution < 1.29 is 14.3 Å². The summed E-state index contributed by atoms with van der Waals surface area (Å²) in [6.07, 6.45) is 1.59. The van der Waals surface area contributed by atoms with Gasteiger partial charge in [0, 0.05) is 5.56 Å². The van der Waals surface area contributed by atoms with Gasteiger partial charge in [-0.25, -0.2) is 5.43 Å². The van der Waals surface area contributed by atoms with Crippen molar-refractivity contribution in [1.29, 1.82) is 0 Å². The third-order valence-electron chi connectivity index (χ3n) is 2.98. The maximum Gasteiger partial charge on any atom is 0.271 e. The van der Waals surface area contributed by atoms with E-state index in [1.165, 1.54) is 0 Å². The highest BCUT2D eigenvalue weighted by molar-refractivity contribution is 14.1. The fourth-order valence-corrected chi connectivity index (χ4v) is 2.59. The molecule has 0 saturated heterocycles. The third-order valence-corrected chi connectivity index (χ3v) is 3.83. The smallest absolute Gasteiger partial charge is 0.271 e. The number of hydrogen-bond donors (Lipinski definition) is 1. The van der Waals surface area contributed by atoms with Gasteiger partial charge in [-0.1, -0.05) is 0 Å². The number of benzene rings is 2. The molecule has 0 aromatic heterocycles. The molecule has 0 atom stereocenters. The number of rotatable bonds is 6. The van der Waals surface area contributed by atoms with Crippen molar-refractivity contribution in [3.63, 3.8) is 0 Å². The molecule has 120 valence electrons. The number of halogens is 1. The lowest BCUT2D eigenvalue weighted by Gasteiger charge is -2.05. The molecule has 0 heterocycles. The first kappa shape index (κ1) is 17.3. The lowest BCUT2D eigenvalue weighted by molar-refractivity contribution is 0.0955. The number of hydrogen-bond acceptors (Lipinski definition) is 4. The van der Waals surface area contributed by atoms with Gasteiger partial charge in [-0.3, -0.25) is 4.79 Å². The summed E-state index contributed by atoms with van der Waals surface area (Å²) < 4.78 is 11.4. The van der Waals surface area contributed by atoms with Crippen LogP contribution in [-0.2, 0) is 0 Å². The largest absolute Gasteiger partial charge is 0.496 e. The second-order valence-electron chi connectivity index (χ2n) is 4.55. The zero-order chi connectivity index (χ0) is 16.7. The lowest BCUT2D eigenvalue weighted by atomic mass is 10.2. The Kier molecular flexibility index (Phi) is 6.40. The van der Waals surface area contributed by atoms with Crippen LogP contribution in [0, 0.1) is 3.57 Å². The minimum Gasteiger partial charge on any atom is -0.496 e. The Balaban J connectivity index is 1.96. The lowest BCUT2D eigenvalue weighted by Crippen LogP contribution is -2.17. The van der Waals surface area contributed by atoms with Crippen LogP contribution >= 0.6 is 22.6 Å². The van der Waals surface area contributed by atoms with E-state index < -0.39 is 0 Å². The van der Waals surface area contributed by atoms with Gasteiger partial charge in [-0.2, -0.15) is 5.10 Å². The Bertz CT molecular complexity index is 699. The van der Waals surface area contributed by atoms with E-state index in [0.717, 1.165) is 20.6 Å². The van der Waals surface area contributed by atoms with Crippen molar-refractivity contribution in [3.8, 4) is 11.5 Å². The Morgan fingerprint density at radius 3 is 2.61 bits per heavy atom. The van der Waals surface area contributed by atoms with Crippen LogP contribution in [0.15, 0.2) is 47.6 Å². The summed E-state index contributed by atoms with van der Waals surface area (Å²) in [4.78, 5) is 12.0. The number of carbonyl (C=O) groups is 1. The van der Waals surface area contributed by atoms with Crippen molar-refractivity contribution in [2.45, 2.75) is 6.92 Å². The molecule has 5 nitrogen and oxygen atoms in total. The van der Waals surface area contributed by atoms with E-state index in [4.69, 9.17) is 9.47 Å². The van der Waals surface area contributed by atoms with Gasteiger partial charge in [0.1, 0.15) is 11.5 Å². The highest BCUT2D eigenvalue weighted by Crippen LogP contribution is 2.21. The van der Waals surface area contributed by atoms with E-state index in [2.05, 4.69) is 33.1 Å². The summed E-state index contributed by atoms with van der Waals surface area (Å²) in [5.74, 6) is 1.27. The first-order chi connectivity index (χ1) is 11.1. The zero-order valence-corrected chi connectivity index (χ0v) is 15.0. The molecule has 1 N–H and O–H groups in total. The Morgan fingerprint density at radius 1 is 1.26 bits per heavy atom. The minimum atomic E-state index is -0.271. The Hall–Kier alpha value is -2.09. The Morgan fingerprint density at radius 2 is 2.00 bits per heavy atom. The van der Waals surface area contributed by atoms with Crippen molar-refractivity contribution in [2.24, 2.45) is 5.10 Å². The molecule has 0 radical (unpaired) electrons. The monoisotopic (exact) mass is 424 g/mol. The van der Waals surface area contributed by atoms with Gasteiger partial charge in [0.05, 0.1) is 23.5 Å². The average molecular weight is 424 g/mol. The van der Waals surface area contributed by atoms with Crippen LogP contribution in [-0.4, -0.2) is 25.8 Å². The molecular formula is C17H17IN2O3. The molecule has 0 bridgehead atoms. The minimum absolute atomic E-state index is 0.271. The average Bonchev–Trinajstić information content (AvgIpc) is 2.56. The highest BCUT2D eigenvalue weighted by atomic mass is 127. The predicted octanol–water partition coefficient (Wildman–Crippen LogP) is 3.46. The van der Waals surface area contributed by atoms with E-state index >= 15 is 0 Å². The molecule has 0 aliphatic heterocycles. The van der Waals surface area contributed by atoms with Crippen LogP contribution < -0.4 is 14.9 Å². The Labute approximate surface area is 148 Å². The number of methoxy groups -OCH3 is 1. The first-order valence-corrected chi connectivity index (χ1v) is 8.11. The van der Waals surface area contributed by atoms with Gasteiger partial charge in [-0.15, -0.1) is 0 Å². The molecule has 23 heavy (non-hydrogen) atoms. The summed E-state index contributed by atoms with van der Waals surface area (Å²) in [6.45, 7) is 2.56. The molecule has 0 unspecified atom stereocenters. The summed E-state index contributed by atoms with van der Waals surface area (Å²) in [5, 5.41) is 3.97. The SMILES string of the molecule is CCOc1ccc(/C=N/NC(=O)c2ccc(OC)c(I)c2)cc1. The molecule has 2 rings (SSSR count). The van der Waals surface area contributed by atoms with Crippen LogP contribution in [0.1, 0.15) is 22.8 Å². The fourth-order valence-electron chi connectivity index (χ4n) is 1.85. The second-order valence-corrected chi connectivity index (χ2v) is 5.71. The number of amides is 1. The molecular weight excluding hydrogens is 407 g/mol. The normalized spacial score (nSPS) is 10.6. The number of nitrogens with zero attached hydrogens (tertiary/aromatic N) is 1. The van der Waals surface area contributed by atoms with Gasteiger partial charge < -0.3 is 9.47 Å². The second kappa shape index (κ2) is 8.52. The standard InChI is InChI=1S/C17H17IN2O3/c1-3-23-14-7-4-12(5-8-14)11-19-20-17(21)13-6-9-16(22-2)15(18)10-13/h4-11H,3H2,1-2H3,(H,20,21)/b19-11+. The molecule has 2 aromatic rings. The van der Waals surface area contributed by atoms with Crippen LogP contribution in [0.25, 0.3) is 0 Å². The maximum absolute atomic E-state index is 12.0. The zero-order valence-electron chi connectivity index (χ0n) is 12.9. The van der Waals surface area contributed by atoms with Crippen molar-refractivity contribution >= 4 is 34.7 Å².